The highest BCUT2D eigenvalue weighted by Gasteiger charge is 2.33. The number of amidine groups is 1. The van der Waals surface area contributed by atoms with E-state index in [1.165, 1.54) is 30.6 Å². The Morgan fingerprint density at radius 2 is 2.12 bits per heavy atom. The average molecular weight is 364 g/mol. The van der Waals surface area contributed by atoms with Crippen molar-refractivity contribution in [3.05, 3.63) is 52.8 Å². The number of rotatable bonds is 3. The van der Waals surface area contributed by atoms with Crippen molar-refractivity contribution in [2.24, 2.45) is 10.7 Å². The first-order chi connectivity index (χ1) is 11.9. The van der Waals surface area contributed by atoms with Crippen LogP contribution in [-0.4, -0.2) is 34.9 Å². The lowest BCUT2D eigenvalue weighted by Gasteiger charge is -2.30. The second-order valence-corrected chi connectivity index (χ2v) is 6.18. The van der Waals surface area contributed by atoms with Gasteiger partial charge in [0.1, 0.15) is 23.8 Å². The van der Waals surface area contributed by atoms with Crippen molar-refractivity contribution in [1.82, 2.24) is 9.97 Å². The van der Waals surface area contributed by atoms with E-state index in [2.05, 4.69) is 20.3 Å². The largest absolute Gasteiger partial charge is 0.386 e. The quantitative estimate of drug-likeness (QED) is 0.869. The van der Waals surface area contributed by atoms with E-state index >= 15 is 0 Å². The molecule has 0 bridgehead atoms. The summed E-state index contributed by atoms with van der Waals surface area (Å²) in [4.78, 5) is 24.2. The minimum Gasteiger partial charge on any atom is -0.386 e. The number of benzene rings is 1. The maximum Gasteiger partial charge on any atom is 0.293 e. The molecule has 7 nitrogen and oxygen atoms in total. The van der Waals surface area contributed by atoms with E-state index in [0.29, 0.717) is 10.7 Å². The van der Waals surface area contributed by atoms with E-state index in [1.807, 2.05) is 0 Å². The zero-order valence-corrected chi connectivity index (χ0v) is 14.0. The van der Waals surface area contributed by atoms with E-state index in [1.54, 1.807) is 6.92 Å². The van der Waals surface area contributed by atoms with Crippen LogP contribution in [0.25, 0.3) is 0 Å². The maximum atomic E-state index is 14.3. The van der Waals surface area contributed by atoms with Crippen molar-refractivity contribution in [3.8, 4) is 0 Å². The van der Waals surface area contributed by atoms with Crippen LogP contribution in [0.15, 0.2) is 35.6 Å². The molecule has 1 atom stereocenters. The summed E-state index contributed by atoms with van der Waals surface area (Å²) in [5.74, 6) is -0.769. The average Bonchev–Trinajstić information content (AvgIpc) is 2.57. The molecule has 1 aliphatic rings. The van der Waals surface area contributed by atoms with E-state index in [9.17, 15) is 9.18 Å². The second kappa shape index (κ2) is 6.73. The van der Waals surface area contributed by atoms with Gasteiger partial charge >= 0.3 is 0 Å². The number of aromatic nitrogens is 2. The Morgan fingerprint density at radius 3 is 2.80 bits per heavy atom. The van der Waals surface area contributed by atoms with Gasteiger partial charge in [0.25, 0.3) is 5.91 Å². The van der Waals surface area contributed by atoms with E-state index in [4.69, 9.17) is 22.1 Å². The van der Waals surface area contributed by atoms with Gasteiger partial charge in [0, 0.05) is 23.6 Å². The summed E-state index contributed by atoms with van der Waals surface area (Å²) < 4.78 is 19.7. The zero-order valence-electron chi connectivity index (χ0n) is 13.3. The summed E-state index contributed by atoms with van der Waals surface area (Å²) in [6, 6.07) is 4.18. The lowest BCUT2D eigenvalue weighted by atomic mass is 9.92. The molecular formula is C16H15ClFN5O2. The Morgan fingerprint density at radius 1 is 1.40 bits per heavy atom. The minimum absolute atomic E-state index is 0.0512. The second-order valence-electron chi connectivity index (χ2n) is 5.74. The Balaban J connectivity index is 1.88. The van der Waals surface area contributed by atoms with Gasteiger partial charge in [0.05, 0.1) is 11.6 Å². The normalized spacial score (nSPS) is 20.0. The summed E-state index contributed by atoms with van der Waals surface area (Å²) in [7, 11) is 0. The summed E-state index contributed by atoms with van der Waals surface area (Å²) >= 11 is 5.70. The van der Waals surface area contributed by atoms with Crippen molar-refractivity contribution < 1.29 is 13.9 Å². The fraction of sp³-hybridized carbons (Fsp3) is 0.250. The van der Waals surface area contributed by atoms with Crippen LogP contribution in [-0.2, 0) is 10.3 Å². The SMILES string of the molecule is C[C@@]1(c2cc(NC(=O)c3ncc(Cl)cn3)ccc2F)COCC(N)=N1. The van der Waals surface area contributed by atoms with Gasteiger partial charge in [-0.15, -0.1) is 0 Å². The molecule has 0 radical (unpaired) electrons. The molecule has 1 amide bonds. The van der Waals surface area contributed by atoms with Gasteiger partial charge in [0.15, 0.2) is 0 Å². The number of ether oxygens (including phenoxy) is 1. The number of aliphatic imine (C=N–C) groups is 1. The number of nitrogens with one attached hydrogen (secondary N) is 1. The molecule has 1 aromatic heterocycles. The van der Waals surface area contributed by atoms with Crippen molar-refractivity contribution in [2.45, 2.75) is 12.5 Å². The monoisotopic (exact) mass is 363 g/mol. The lowest BCUT2D eigenvalue weighted by molar-refractivity contribution is 0.101. The number of anilines is 1. The Labute approximate surface area is 148 Å². The van der Waals surface area contributed by atoms with Crippen molar-refractivity contribution in [3.63, 3.8) is 0 Å². The van der Waals surface area contributed by atoms with E-state index < -0.39 is 17.3 Å². The predicted octanol–water partition coefficient (Wildman–Crippen LogP) is 2.12. The molecule has 2 heterocycles. The molecule has 3 N–H and O–H groups in total. The van der Waals surface area contributed by atoms with Crippen LogP contribution < -0.4 is 11.1 Å². The van der Waals surface area contributed by atoms with Gasteiger partial charge in [-0.05, 0) is 25.1 Å². The predicted molar refractivity (Wildman–Crippen MR) is 91.2 cm³/mol. The molecule has 0 saturated carbocycles. The number of halogens is 2. The zero-order chi connectivity index (χ0) is 18.0. The van der Waals surface area contributed by atoms with Crippen molar-refractivity contribution in [2.75, 3.05) is 18.5 Å². The van der Waals surface area contributed by atoms with Crippen LogP contribution in [0.2, 0.25) is 5.02 Å². The van der Waals surface area contributed by atoms with E-state index in [0.717, 1.165) is 0 Å². The molecule has 25 heavy (non-hydrogen) atoms. The molecule has 1 aromatic carbocycles. The first kappa shape index (κ1) is 17.2. The first-order valence-corrected chi connectivity index (χ1v) is 7.76. The molecule has 2 aromatic rings. The Hall–Kier alpha value is -2.58. The number of nitrogens with zero attached hydrogens (tertiary/aromatic N) is 3. The molecule has 0 unspecified atom stereocenters. The topological polar surface area (TPSA) is 102 Å². The number of amides is 1. The van der Waals surface area contributed by atoms with Crippen LogP contribution in [0.4, 0.5) is 10.1 Å². The fourth-order valence-corrected chi connectivity index (χ4v) is 2.60. The number of hydrogen-bond acceptors (Lipinski definition) is 6. The van der Waals surface area contributed by atoms with Gasteiger partial charge in [-0.3, -0.25) is 9.79 Å². The first-order valence-electron chi connectivity index (χ1n) is 7.38. The Kier molecular flexibility index (Phi) is 4.65. The van der Waals surface area contributed by atoms with Crippen LogP contribution in [0.3, 0.4) is 0 Å². The number of nitrogens with two attached hydrogens (primary N) is 1. The molecular weight excluding hydrogens is 349 g/mol. The van der Waals surface area contributed by atoms with Crippen LogP contribution in [0.1, 0.15) is 23.1 Å². The summed E-state index contributed by atoms with van der Waals surface area (Å²) in [6.45, 7) is 2.11. The number of carbonyl (C=O) groups excluding carboxylic acids is 1. The third kappa shape index (κ3) is 3.75. The van der Waals surface area contributed by atoms with Gasteiger partial charge < -0.3 is 15.8 Å². The third-order valence-electron chi connectivity index (χ3n) is 3.65. The standard InChI is InChI=1S/C16H15ClFN5O2/c1-16(8-25-7-13(19)23-16)11-4-10(2-3-12(11)18)22-15(24)14-20-5-9(17)6-21-14/h2-6H,7-8H2,1H3,(H2,19,23)(H,22,24)/t16-/m0/s1. The number of carbonyl (C=O) groups is 1. The highest BCUT2D eigenvalue weighted by molar-refractivity contribution is 6.30. The summed E-state index contributed by atoms with van der Waals surface area (Å²) in [6.07, 6.45) is 2.63. The smallest absolute Gasteiger partial charge is 0.293 e. The van der Waals surface area contributed by atoms with Gasteiger partial charge in [-0.1, -0.05) is 11.6 Å². The van der Waals surface area contributed by atoms with Gasteiger partial charge in [0.2, 0.25) is 5.82 Å². The highest BCUT2D eigenvalue weighted by Crippen LogP contribution is 2.32. The Bertz CT molecular complexity index is 843. The molecule has 9 heteroatoms. The summed E-state index contributed by atoms with van der Waals surface area (Å²) in [5, 5.41) is 2.94. The van der Waals surface area contributed by atoms with Gasteiger partial charge in [-0.2, -0.15) is 0 Å². The number of hydrogen-bond donors (Lipinski definition) is 2. The molecule has 0 saturated heterocycles. The van der Waals surface area contributed by atoms with E-state index in [-0.39, 0.29) is 30.4 Å². The molecule has 0 spiro atoms. The van der Waals surface area contributed by atoms with Crippen molar-refractivity contribution in [1.29, 1.82) is 0 Å². The highest BCUT2D eigenvalue weighted by atomic mass is 35.5. The summed E-state index contributed by atoms with van der Waals surface area (Å²) in [5.41, 5.74) is 5.39. The molecule has 0 fully saturated rings. The van der Waals surface area contributed by atoms with Crippen LogP contribution >= 0.6 is 11.6 Å². The minimum atomic E-state index is -0.968. The lowest BCUT2D eigenvalue weighted by Crippen LogP contribution is -2.38. The third-order valence-corrected chi connectivity index (χ3v) is 3.85. The van der Waals surface area contributed by atoms with Crippen molar-refractivity contribution >= 4 is 29.0 Å². The molecule has 0 aliphatic carbocycles. The van der Waals surface area contributed by atoms with Crippen LogP contribution in [0, 0.1) is 5.82 Å². The molecule has 3 rings (SSSR count). The molecule has 1 aliphatic heterocycles. The van der Waals surface area contributed by atoms with Crippen LogP contribution in [0.5, 0.6) is 0 Å². The molecule has 130 valence electrons. The van der Waals surface area contributed by atoms with Gasteiger partial charge in [-0.25, -0.2) is 14.4 Å². The maximum absolute atomic E-state index is 14.3. The fourth-order valence-electron chi connectivity index (χ4n) is 2.51.